The number of nitrogens with one attached hydrogen (secondary N) is 1. The Morgan fingerprint density at radius 2 is 1.75 bits per heavy atom. The summed E-state index contributed by atoms with van der Waals surface area (Å²) >= 11 is 0. The van der Waals surface area contributed by atoms with Gasteiger partial charge in [0.1, 0.15) is 0 Å². The standard InChI is InChI=1S/C8H16N2.W.Y/c1-5-8(4)10(6-9)7(2)3;;/h5,7-9H,1-4H3;;/q-2;;. The molecule has 0 saturated heterocycles. The van der Waals surface area contributed by atoms with Crippen molar-refractivity contribution in [1.29, 1.82) is 5.41 Å². The molecule has 0 aliphatic rings. The molecule has 69 valence electrons. The van der Waals surface area contributed by atoms with E-state index in [-0.39, 0.29) is 53.8 Å². The summed E-state index contributed by atoms with van der Waals surface area (Å²) in [6, 6.07) is 0.682. The van der Waals surface area contributed by atoms with Gasteiger partial charge in [0, 0.05) is 53.8 Å². The van der Waals surface area contributed by atoms with E-state index >= 15 is 0 Å². The monoisotopic (exact) mass is 413 g/mol. The summed E-state index contributed by atoms with van der Waals surface area (Å²) in [5.41, 5.74) is 0. The quantitative estimate of drug-likeness (QED) is 0.324. The molecule has 0 aromatic rings. The van der Waals surface area contributed by atoms with Gasteiger partial charge < -0.3 is 23.1 Å². The summed E-state index contributed by atoms with van der Waals surface area (Å²) in [5.74, 6) is 0. The van der Waals surface area contributed by atoms with Crippen molar-refractivity contribution in [2.24, 2.45) is 0 Å². The van der Waals surface area contributed by atoms with Gasteiger partial charge in [-0.2, -0.15) is 6.92 Å². The van der Waals surface area contributed by atoms with E-state index in [1.165, 1.54) is 0 Å². The van der Waals surface area contributed by atoms with Crippen molar-refractivity contribution in [2.75, 3.05) is 0 Å². The largest absolute Gasteiger partial charge is 0.558 e. The van der Waals surface area contributed by atoms with E-state index in [1.807, 2.05) is 11.8 Å². The molecule has 0 aromatic carbocycles. The van der Waals surface area contributed by atoms with E-state index in [0.717, 1.165) is 0 Å². The molecule has 0 fully saturated rings. The summed E-state index contributed by atoms with van der Waals surface area (Å²) in [6.45, 7) is 8.17. The van der Waals surface area contributed by atoms with Crippen LogP contribution >= 0.6 is 0 Å². The van der Waals surface area contributed by atoms with Crippen molar-refractivity contribution in [3.63, 3.8) is 0 Å². The Morgan fingerprint density at radius 1 is 1.33 bits per heavy atom. The Morgan fingerprint density at radius 3 is 1.83 bits per heavy atom. The molecule has 12 heavy (non-hydrogen) atoms. The van der Waals surface area contributed by atoms with E-state index in [1.54, 1.807) is 0 Å². The fraction of sp³-hybridized carbons (Fsp3) is 0.750. The molecule has 1 N–H and O–H groups in total. The van der Waals surface area contributed by atoms with E-state index in [2.05, 4.69) is 33.5 Å². The second kappa shape index (κ2) is 10.3. The van der Waals surface area contributed by atoms with Gasteiger partial charge in [-0.25, -0.2) is 0 Å². The predicted octanol–water partition coefficient (Wildman–Crippen LogP) is 1.79. The van der Waals surface area contributed by atoms with Gasteiger partial charge in [-0.05, 0) is 19.9 Å². The molecule has 1 radical (unpaired) electrons. The maximum atomic E-state index is 6.98. The molecule has 0 rings (SSSR count). The van der Waals surface area contributed by atoms with Crippen LogP contribution in [0.5, 0.6) is 0 Å². The van der Waals surface area contributed by atoms with Crippen molar-refractivity contribution in [1.82, 2.24) is 4.90 Å². The third-order valence-corrected chi connectivity index (χ3v) is 1.61. The molecule has 0 aliphatic carbocycles. The van der Waals surface area contributed by atoms with E-state index in [0.29, 0.717) is 12.1 Å². The van der Waals surface area contributed by atoms with Crippen LogP contribution in [0.1, 0.15) is 27.7 Å². The first-order valence-corrected chi connectivity index (χ1v) is 3.63. The maximum Gasteiger partial charge on any atom is 0 e. The van der Waals surface area contributed by atoms with E-state index in [9.17, 15) is 0 Å². The van der Waals surface area contributed by atoms with Crippen molar-refractivity contribution < 1.29 is 53.8 Å². The average Bonchev–Trinajstić information content (AvgIpc) is 1.88. The van der Waals surface area contributed by atoms with Crippen LogP contribution in [0.4, 0.5) is 0 Å². The molecule has 0 amide bonds. The minimum absolute atomic E-state index is 0. The smallest absolute Gasteiger partial charge is 0 e. The van der Waals surface area contributed by atoms with Crippen LogP contribution in [0.15, 0.2) is 0 Å². The molecule has 0 heterocycles. The van der Waals surface area contributed by atoms with Crippen molar-refractivity contribution in [3.05, 3.63) is 6.42 Å². The Labute approximate surface area is 116 Å². The molecule has 0 bridgehead atoms. The SMILES string of the molecule is C[CH-]C(C)N([C-]=N)C(C)C.[W].[Y]. The van der Waals surface area contributed by atoms with Crippen molar-refractivity contribution in [3.8, 4) is 0 Å². The normalized spacial score (nSPS) is 11.1. The topological polar surface area (TPSA) is 27.1 Å². The summed E-state index contributed by atoms with van der Waals surface area (Å²) in [6.07, 6.45) is 4.46. The molecular formula is C8H16N2WY-2. The third kappa shape index (κ3) is 6.74. The number of hydrogen-bond donors (Lipinski definition) is 1. The van der Waals surface area contributed by atoms with Crippen LogP contribution in [-0.2, 0) is 53.8 Å². The summed E-state index contributed by atoms with van der Waals surface area (Å²) in [4.78, 5) is 1.88. The first kappa shape index (κ1) is 18.9. The zero-order valence-corrected chi connectivity index (χ0v) is 13.9. The minimum Gasteiger partial charge on any atom is -0.558 e. The van der Waals surface area contributed by atoms with Crippen LogP contribution in [0.25, 0.3) is 0 Å². The zero-order valence-electron chi connectivity index (χ0n) is 8.16. The Balaban J connectivity index is -0.000000405. The summed E-state index contributed by atoms with van der Waals surface area (Å²) < 4.78 is 0. The molecule has 0 saturated carbocycles. The second-order valence-corrected chi connectivity index (χ2v) is 2.69. The molecule has 0 spiro atoms. The molecule has 4 heteroatoms. The minimum atomic E-state index is 0. The molecule has 2 nitrogen and oxygen atoms in total. The molecular weight excluding hydrogens is 397 g/mol. The predicted molar refractivity (Wildman–Crippen MR) is 44.1 cm³/mol. The fourth-order valence-corrected chi connectivity index (χ4v) is 0.862. The van der Waals surface area contributed by atoms with Gasteiger partial charge in [-0.1, -0.05) is 6.92 Å². The average molecular weight is 413 g/mol. The second-order valence-electron chi connectivity index (χ2n) is 2.69. The number of hydrogen-bond acceptors (Lipinski definition) is 1. The zero-order chi connectivity index (χ0) is 8.15. The summed E-state index contributed by atoms with van der Waals surface area (Å²) in [7, 11) is 0. The third-order valence-electron chi connectivity index (χ3n) is 1.61. The van der Waals surface area contributed by atoms with E-state index in [4.69, 9.17) is 5.41 Å². The molecule has 1 unspecified atom stereocenters. The van der Waals surface area contributed by atoms with Crippen LogP contribution in [-0.4, -0.2) is 23.3 Å². The van der Waals surface area contributed by atoms with Gasteiger partial charge in [0.15, 0.2) is 0 Å². The summed E-state index contributed by atoms with van der Waals surface area (Å²) in [5, 5.41) is 6.98. The molecule has 1 atom stereocenters. The van der Waals surface area contributed by atoms with Crippen LogP contribution < -0.4 is 0 Å². The number of nitrogens with zero attached hydrogens (tertiary/aromatic N) is 1. The van der Waals surface area contributed by atoms with Gasteiger partial charge in [0.05, 0.1) is 0 Å². The Hall–Kier alpha value is 1.26. The number of rotatable bonds is 4. The first-order chi connectivity index (χ1) is 4.63. The molecule has 0 aromatic heterocycles. The molecule has 0 aliphatic heterocycles. The van der Waals surface area contributed by atoms with Crippen LogP contribution in [0.3, 0.4) is 0 Å². The van der Waals surface area contributed by atoms with Gasteiger partial charge in [-0.15, -0.1) is 6.04 Å². The Kier molecular flexibility index (Phi) is 16.3. The van der Waals surface area contributed by atoms with Gasteiger partial charge in [0.25, 0.3) is 0 Å². The maximum absolute atomic E-state index is 6.98. The van der Waals surface area contributed by atoms with Gasteiger partial charge >= 0.3 is 0 Å². The van der Waals surface area contributed by atoms with Gasteiger partial charge in [-0.3, -0.25) is 0 Å². The fourth-order valence-electron chi connectivity index (χ4n) is 0.862. The van der Waals surface area contributed by atoms with Gasteiger partial charge in [0.2, 0.25) is 0 Å². The van der Waals surface area contributed by atoms with Crippen molar-refractivity contribution >= 4 is 6.34 Å². The van der Waals surface area contributed by atoms with Crippen LogP contribution in [0.2, 0.25) is 0 Å². The van der Waals surface area contributed by atoms with E-state index < -0.39 is 0 Å². The van der Waals surface area contributed by atoms with Crippen LogP contribution in [0, 0.1) is 11.8 Å². The Bertz CT molecular complexity index is 109. The first-order valence-electron chi connectivity index (χ1n) is 3.63. The van der Waals surface area contributed by atoms with Crippen molar-refractivity contribution in [2.45, 2.75) is 39.8 Å².